The van der Waals surface area contributed by atoms with Crippen molar-refractivity contribution >= 4 is 29.2 Å². The molecule has 0 saturated heterocycles. The number of amides is 2. The van der Waals surface area contributed by atoms with Crippen molar-refractivity contribution < 1.29 is 19.1 Å². The van der Waals surface area contributed by atoms with E-state index in [9.17, 15) is 14.4 Å². The number of hydrogen-bond acceptors (Lipinski definition) is 7. The third-order valence-electron chi connectivity index (χ3n) is 5.05. The third-order valence-corrected chi connectivity index (χ3v) is 5.05. The second-order valence-electron chi connectivity index (χ2n) is 8.09. The lowest BCUT2D eigenvalue weighted by Gasteiger charge is -2.13. The highest BCUT2D eigenvalue weighted by atomic mass is 16.5. The Kier molecular flexibility index (Phi) is 7.70. The van der Waals surface area contributed by atoms with Crippen LogP contribution in [0.5, 0.6) is 0 Å². The Balaban J connectivity index is 1.53. The summed E-state index contributed by atoms with van der Waals surface area (Å²) in [5.41, 5.74) is 3.22. The first-order chi connectivity index (χ1) is 15.8. The standard InChI is InChI=1S/C23H28N6O4/c1-14(2)11-24-22(32)18-7-5-6-8-19(18)28-20(30)12-33-21(31)10-9-17-15(3)27-23-25-13-26-29(23)16(17)4/h5-8,13-14H,9-12H2,1-4H3,(H,24,32)(H,28,30). The van der Waals surface area contributed by atoms with E-state index in [1.165, 1.54) is 6.33 Å². The van der Waals surface area contributed by atoms with Gasteiger partial charge in [0.1, 0.15) is 6.33 Å². The summed E-state index contributed by atoms with van der Waals surface area (Å²) in [7, 11) is 0. The summed E-state index contributed by atoms with van der Waals surface area (Å²) in [6.07, 6.45) is 1.92. The van der Waals surface area contributed by atoms with Gasteiger partial charge < -0.3 is 15.4 Å². The van der Waals surface area contributed by atoms with Crippen LogP contribution >= 0.6 is 0 Å². The molecule has 0 aliphatic carbocycles. The van der Waals surface area contributed by atoms with E-state index in [2.05, 4.69) is 25.7 Å². The lowest BCUT2D eigenvalue weighted by Crippen LogP contribution is -2.29. The van der Waals surface area contributed by atoms with Gasteiger partial charge in [0.15, 0.2) is 6.61 Å². The molecule has 0 radical (unpaired) electrons. The lowest BCUT2D eigenvalue weighted by atomic mass is 10.1. The molecule has 3 rings (SSSR count). The zero-order chi connectivity index (χ0) is 24.0. The van der Waals surface area contributed by atoms with Gasteiger partial charge in [0, 0.05) is 24.4 Å². The van der Waals surface area contributed by atoms with Crippen LogP contribution in [0.15, 0.2) is 30.6 Å². The van der Waals surface area contributed by atoms with E-state index in [4.69, 9.17) is 4.74 Å². The normalized spacial score (nSPS) is 10.9. The van der Waals surface area contributed by atoms with Gasteiger partial charge >= 0.3 is 5.97 Å². The van der Waals surface area contributed by atoms with E-state index < -0.39 is 18.5 Å². The maximum Gasteiger partial charge on any atom is 0.306 e. The molecule has 33 heavy (non-hydrogen) atoms. The van der Waals surface area contributed by atoms with Crippen LogP contribution in [0, 0.1) is 19.8 Å². The average molecular weight is 453 g/mol. The summed E-state index contributed by atoms with van der Waals surface area (Å²) in [5.74, 6) is -0.501. The number of anilines is 1. The van der Waals surface area contributed by atoms with Gasteiger partial charge in [-0.15, -0.1) is 0 Å². The van der Waals surface area contributed by atoms with E-state index in [-0.39, 0.29) is 12.3 Å². The third kappa shape index (κ3) is 6.12. The molecule has 2 heterocycles. The number of nitrogens with one attached hydrogen (secondary N) is 2. The topological polar surface area (TPSA) is 128 Å². The molecular weight excluding hydrogens is 424 g/mol. The van der Waals surface area contributed by atoms with Crippen LogP contribution in [-0.4, -0.2) is 50.5 Å². The molecule has 0 fully saturated rings. The SMILES string of the molecule is Cc1nc2ncnn2c(C)c1CCC(=O)OCC(=O)Nc1ccccc1C(=O)NCC(C)C. The first-order valence-electron chi connectivity index (χ1n) is 10.7. The van der Waals surface area contributed by atoms with Crippen molar-refractivity contribution in [3.63, 3.8) is 0 Å². The second kappa shape index (κ2) is 10.7. The van der Waals surface area contributed by atoms with Gasteiger partial charge in [0.25, 0.3) is 17.6 Å². The van der Waals surface area contributed by atoms with Crippen molar-refractivity contribution in [2.45, 2.75) is 40.5 Å². The number of fused-ring (bicyclic) bond motifs is 1. The van der Waals surface area contributed by atoms with Crippen molar-refractivity contribution in [2.24, 2.45) is 5.92 Å². The van der Waals surface area contributed by atoms with Gasteiger partial charge in [-0.1, -0.05) is 26.0 Å². The molecule has 174 valence electrons. The second-order valence-corrected chi connectivity index (χ2v) is 8.09. The number of rotatable bonds is 9. The van der Waals surface area contributed by atoms with Crippen molar-refractivity contribution in [3.05, 3.63) is 53.1 Å². The molecule has 10 nitrogen and oxygen atoms in total. The number of esters is 1. The highest BCUT2D eigenvalue weighted by Crippen LogP contribution is 2.16. The number of carbonyl (C=O) groups is 3. The molecule has 1 aromatic carbocycles. The monoisotopic (exact) mass is 452 g/mol. The summed E-state index contributed by atoms with van der Waals surface area (Å²) in [5, 5.41) is 9.59. The fraction of sp³-hybridized carbons (Fsp3) is 0.391. The molecule has 2 aromatic heterocycles. The average Bonchev–Trinajstić information content (AvgIpc) is 3.25. The lowest BCUT2D eigenvalue weighted by molar-refractivity contribution is -0.147. The van der Waals surface area contributed by atoms with E-state index in [0.717, 1.165) is 17.0 Å². The molecule has 0 aliphatic heterocycles. The maximum atomic E-state index is 12.4. The van der Waals surface area contributed by atoms with Gasteiger partial charge in [-0.05, 0) is 43.9 Å². The molecule has 0 aliphatic rings. The molecule has 0 saturated carbocycles. The van der Waals surface area contributed by atoms with Gasteiger partial charge in [0.05, 0.1) is 11.3 Å². The van der Waals surface area contributed by atoms with Crippen LogP contribution in [0.2, 0.25) is 0 Å². The number of ether oxygens (including phenoxy) is 1. The Labute approximate surface area is 191 Å². The van der Waals surface area contributed by atoms with E-state index in [0.29, 0.717) is 35.9 Å². The largest absolute Gasteiger partial charge is 0.456 e. The molecule has 0 bridgehead atoms. The predicted octanol–water partition coefficient (Wildman–Crippen LogP) is 2.24. The number of carbonyl (C=O) groups excluding carboxylic acids is 3. The van der Waals surface area contributed by atoms with E-state index in [1.807, 2.05) is 27.7 Å². The summed E-state index contributed by atoms with van der Waals surface area (Å²) >= 11 is 0. The molecule has 2 N–H and O–H groups in total. The van der Waals surface area contributed by atoms with Crippen LogP contribution in [0.3, 0.4) is 0 Å². The number of aryl methyl sites for hydroxylation is 2. The minimum absolute atomic E-state index is 0.0883. The Morgan fingerprint density at radius 3 is 2.67 bits per heavy atom. The fourth-order valence-corrected chi connectivity index (χ4v) is 3.33. The smallest absolute Gasteiger partial charge is 0.306 e. The van der Waals surface area contributed by atoms with Crippen LogP contribution < -0.4 is 10.6 Å². The van der Waals surface area contributed by atoms with Crippen molar-refractivity contribution in [3.8, 4) is 0 Å². The number of benzene rings is 1. The predicted molar refractivity (Wildman–Crippen MR) is 122 cm³/mol. The summed E-state index contributed by atoms with van der Waals surface area (Å²) in [6, 6.07) is 6.69. The zero-order valence-corrected chi connectivity index (χ0v) is 19.2. The minimum atomic E-state index is -0.523. The Morgan fingerprint density at radius 1 is 1.15 bits per heavy atom. The van der Waals surface area contributed by atoms with Crippen molar-refractivity contribution in [2.75, 3.05) is 18.5 Å². The highest BCUT2D eigenvalue weighted by Gasteiger charge is 2.16. The summed E-state index contributed by atoms with van der Waals surface area (Å²) in [4.78, 5) is 45.4. The quantitative estimate of drug-likeness (QED) is 0.477. The Hall–Kier alpha value is -3.82. The van der Waals surface area contributed by atoms with Gasteiger partial charge in [0.2, 0.25) is 0 Å². The van der Waals surface area contributed by atoms with Crippen LogP contribution in [0.4, 0.5) is 5.69 Å². The molecule has 0 atom stereocenters. The number of hydrogen-bond donors (Lipinski definition) is 2. The Bertz CT molecular complexity index is 1170. The zero-order valence-electron chi connectivity index (χ0n) is 19.2. The van der Waals surface area contributed by atoms with Crippen molar-refractivity contribution in [1.29, 1.82) is 0 Å². The minimum Gasteiger partial charge on any atom is -0.456 e. The first kappa shape index (κ1) is 23.8. The van der Waals surface area contributed by atoms with Gasteiger partial charge in [-0.3, -0.25) is 14.4 Å². The maximum absolute atomic E-state index is 12.4. The number of nitrogens with zero attached hydrogens (tertiary/aromatic N) is 4. The summed E-state index contributed by atoms with van der Waals surface area (Å²) < 4.78 is 6.74. The Morgan fingerprint density at radius 2 is 1.91 bits per heavy atom. The number of aromatic nitrogens is 4. The van der Waals surface area contributed by atoms with Crippen LogP contribution in [0.25, 0.3) is 5.78 Å². The van der Waals surface area contributed by atoms with Crippen LogP contribution in [0.1, 0.15) is 47.6 Å². The van der Waals surface area contributed by atoms with E-state index in [1.54, 1.807) is 28.8 Å². The van der Waals surface area contributed by atoms with Crippen molar-refractivity contribution in [1.82, 2.24) is 24.9 Å². The molecule has 2 amide bonds. The summed E-state index contributed by atoms with van der Waals surface area (Å²) in [6.45, 7) is 7.81. The molecule has 10 heteroatoms. The van der Waals surface area contributed by atoms with Gasteiger partial charge in [-0.25, -0.2) is 9.50 Å². The molecular formula is C23H28N6O4. The highest BCUT2D eigenvalue weighted by molar-refractivity contribution is 6.04. The van der Waals surface area contributed by atoms with Crippen LogP contribution in [-0.2, 0) is 20.7 Å². The molecule has 3 aromatic rings. The number of para-hydroxylation sites is 1. The van der Waals surface area contributed by atoms with E-state index >= 15 is 0 Å². The molecule has 0 unspecified atom stereocenters. The first-order valence-corrected chi connectivity index (χ1v) is 10.7. The van der Waals surface area contributed by atoms with Gasteiger partial charge in [-0.2, -0.15) is 10.1 Å². The fourth-order valence-electron chi connectivity index (χ4n) is 3.33. The molecule has 0 spiro atoms.